The van der Waals surface area contributed by atoms with E-state index in [0.717, 1.165) is 42.0 Å². The van der Waals surface area contributed by atoms with E-state index in [-0.39, 0.29) is 24.1 Å². The number of benzene rings is 1. The Morgan fingerprint density at radius 2 is 1.57 bits per heavy atom. The predicted molar refractivity (Wildman–Crippen MR) is 143 cm³/mol. The number of anilines is 1. The standard InChI is InChI=1S/C30H42N4O3/c35-27-10-9-26(28(36)33-27)34-19-24-23(29(34)37)7-6-8-25(24)31-11-4-2-1-3-5-12-32-30-16-20-13-21(17-30)15-22(14-20)18-30/h6-8,20-22,26,31-32H,1-5,9-19H2,(H,33,35,36). The molecule has 1 aromatic rings. The quantitative estimate of drug-likeness (QED) is 0.306. The van der Waals surface area contributed by atoms with E-state index in [0.29, 0.717) is 24.1 Å². The van der Waals surface area contributed by atoms with Crippen LogP contribution in [0, 0.1) is 17.8 Å². The number of fused-ring (bicyclic) bond motifs is 1. The van der Waals surface area contributed by atoms with E-state index in [1.165, 1.54) is 70.8 Å². The first-order valence-corrected chi connectivity index (χ1v) is 14.8. The second-order valence-electron chi connectivity index (χ2n) is 12.6. The van der Waals surface area contributed by atoms with Gasteiger partial charge in [0.2, 0.25) is 11.8 Å². The van der Waals surface area contributed by atoms with Crippen LogP contribution < -0.4 is 16.0 Å². The lowest BCUT2D eigenvalue weighted by molar-refractivity contribution is -0.136. The lowest BCUT2D eigenvalue weighted by atomic mass is 9.53. The second kappa shape index (κ2) is 10.4. The van der Waals surface area contributed by atoms with Crippen molar-refractivity contribution in [2.75, 3.05) is 18.4 Å². The molecule has 200 valence electrons. The molecule has 4 saturated carbocycles. The van der Waals surface area contributed by atoms with Gasteiger partial charge in [-0.3, -0.25) is 19.7 Å². The van der Waals surface area contributed by atoms with E-state index in [4.69, 9.17) is 0 Å². The van der Waals surface area contributed by atoms with Gasteiger partial charge in [-0.2, -0.15) is 0 Å². The topological polar surface area (TPSA) is 90.5 Å². The summed E-state index contributed by atoms with van der Waals surface area (Å²) < 4.78 is 0. The molecule has 1 saturated heterocycles. The highest BCUT2D eigenvalue weighted by atomic mass is 16.2. The average molecular weight is 507 g/mol. The maximum absolute atomic E-state index is 13.0. The summed E-state index contributed by atoms with van der Waals surface area (Å²) >= 11 is 0. The zero-order valence-electron chi connectivity index (χ0n) is 22.0. The van der Waals surface area contributed by atoms with Gasteiger partial charge in [-0.05, 0) is 94.2 Å². The van der Waals surface area contributed by atoms with E-state index in [2.05, 4.69) is 16.0 Å². The van der Waals surface area contributed by atoms with E-state index < -0.39 is 6.04 Å². The summed E-state index contributed by atoms with van der Waals surface area (Å²) in [5.41, 5.74) is 3.11. The molecule has 2 aliphatic heterocycles. The maximum Gasteiger partial charge on any atom is 0.255 e. The molecule has 0 spiro atoms. The van der Waals surface area contributed by atoms with Crippen molar-refractivity contribution < 1.29 is 14.4 Å². The molecule has 0 radical (unpaired) electrons. The van der Waals surface area contributed by atoms with Crippen molar-refractivity contribution in [3.63, 3.8) is 0 Å². The van der Waals surface area contributed by atoms with Gasteiger partial charge in [0.25, 0.3) is 5.91 Å². The molecule has 4 bridgehead atoms. The zero-order valence-corrected chi connectivity index (χ0v) is 22.0. The number of hydrogen-bond donors (Lipinski definition) is 3. The molecule has 6 aliphatic rings. The third-order valence-electron chi connectivity index (χ3n) is 9.79. The Morgan fingerprint density at radius 3 is 2.27 bits per heavy atom. The summed E-state index contributed by atoms with van der Waals surface area (Å²) in [6, 6.07) is 5.20. The number of piperidine rings is 1. The fraction of sp³-hybridized carbons (Fsp3) is 0.700. The van der Waals surface area contributed by atoms with Crippen molar-refractivity contribution in [1.29, 1.82) is 0 Å². The fourth-order valence-corrected chi connectivity index (χ4v) is 8.44. The molecule has 4 aliphatic carbocycles. The van der Waals surface area contributed by atoms with Crippen LogP contribution in [-0.2, 0) is 16.1 Å². The molecule has 7 nitrogen and oxygen atoms in total. The van der Waals surface area contributed by atoms with Gasteiger partial charge < -0.3 is 15.5 Å². The van der Waals surface area contributed by atoms with Crippen molar-refractivity contribution in [2.24, 2.45) is 17.8 Å². The van der Waals surface area contributed by atoms with Crippen molar-refractivity contribution >= 4 is 23.4 Å². The molecular weight excluding hydrogens is 464 g/mol. The second-order valence-corrected chi connectivity index (χ2v) is 12.6. The minimum absolute atomic E-state index is 0.115. The predicted octanol–water partition coefficient (Wildman–Crippen LogP) is 4.37. The van der Waals surface area contributed by atoms with Gasteiger partial charge >= 0.3 is 0 Å². The number of nitrogens with one attached hydrogen (secondary N) is 3. The van der Waals surface area contributed by atoms with E-state index in [9.17, 15) is 14.4 Å². The molecule has 1 aromatic carbocycles. The Hall–Kier alpha value is -2.41. The van der Waals surface area contributed by atoms with E-state index in [1.807, 2.05) is 18.2 Å². The molecule has 1 unspecified atom stereocenters. The summed E-state index contributed by atoms with van der Waals surface area (Å²) in [5.74, 6) is 2.30. The van der Waals surface area contributed by atoms with Crippen molar-refractivity contribution in [3.8, 4) is 0 Å². The van der Waals surface area contributed by atoms with Gasteiger partial charge in [0.05, 0.1) is 0 Å². The number of unbranched alkanes of at least 4 members (excludes halogenated alkanes) is 4. The van der Waals surface area contributed by atoms with Crippen molar-refractivity contribution in [1.82, 2.24) is 15.5 Å². The van der Waals surface area contributed by atoms with Gasteiger partial charge in [0.1, 0.15) is 6.04 Å². The number of imide groups is 1. The Bertz CT molecular complexity index is 1020. The number of carbonyl (C=O) groups is 3. The third kappa shape index (κ3) is 5.16. The first-order chi connectivity index (χ1) is 18.0. The third-order valence-corrected chi connectivity index (χ3v) is 9.79. The number of nitrogens with zero attached hydrogens (tertiary/aromatic N) is 1. The molecule has 0 aromatic heterocycles. The van der Waals surface area contributed by atoms with Crippen LogP contribution in [0.1, 0.15) is 99.4 Å². The van der Waals surface area contributed by atoms with Crippen LogP contribution >= 0.6 is 0 Å². The van der Waals surface area contributed by atoms with Crippen LogP contribution in [0.25, 0.3) is 0 Å². The molecule has 2 heterocycles. The summed E-state index contributed by atoms with van der Waals surface area (Å²) in [6.45, 7) is 2.48. The van der Waals surface area contributed by atoms with Crippen LogP contribution in [0.5, 0.6) is 0 Å². The van der Waals surface area contributed by atoms with Gasteiger partial charge in [-0.1, -0.05) is 25.3 Å². The highest BCUT2D eigenvalue weighted by Crippen LogP contribution is 2.55. The monoisotopic (exact) mass is 506 g/mol. The Morgan fingerprint density at radius 1 is 0.892 bits per heavy atom. The molecule has 7 heteroatoms. The van der Waals surface area contributed by atoms with Gasteiger partial charge in [-0.15, -0.1) is 0 Å². The van der Waals surface area contributed by atoms with Gasteiger partial charge in [0.15, 0.2) is 0 Å². The van der Waals surface area contributed by atoms with Gasteiger partial charge in [0, 0.05) is 41.9 Å². The lowest BCUT2D eigenvalue weighted by Gasteiger charge is -2.57. The zero-order chi connectivity index (χ0) is 25.4. The number of rotatable bonds is 11. The Kier molecular flexibility index (Phi) is 6.99. The smallest absolute Gasteiger partial charge is 0.255 e. The normalized spacial score (nSPS) is 32.1. The molecule has 5 fully saturated rings. The summed E-state index contributed by atoms with van der Waals surface area (Å²) in [5, 5.41) is 9.94. The largest absolute Gasteiger partial charge is 0.385 e. The number of hydrogen-bond acceptors (Lipinski definition) is 5. The van der Waals surface area contributed by atoms with Crippen LogP contribution in [0.2, 0.25) is 0 Å². The molecular formula is C30H42N4O3. The van der Waals surface area contributed by atoms with Crippen molar-refractivity contribution in [2.45, 2.75) is 102 Å². The minimum Gasteiger partial charge on any atom is -0.385 e. The van der Waals surface area contributed by atoms with Crippen molar-refractivity contribution in [3.05, 3.63) is 29.3 Å². The molecule has 1 atom stereocenters. The minimum atomic E-state index is -0.567. The average Bonchev–Trinajstić information content (AvgIpc) is 3.19. The first kappa shape index (κ1) is 24.9. The van der Waals surface area contributed by atoms with Crippen LogP contribution in [0.15, 0.2) is 18.2 Å². The van der Waals surface area contributed by atoms with Gasteiger partial charge in [-0.25, -0.2) is 0 Å². The summed E-state index contributed by atoms with van der Waals surface area (Å²) in [7, 11) is 0. The maximum atomic E-state index is 13.0. The lowest BCUT2D eigenvalue weighted by Crippen LogP contribution is -2.58. The van der Waals surface area contributed by atoms with Crippen LogP contribution in [0.3, 0.4) is 0 Å². The highest BCUT2D eigenvalue weighted by Gasteiger charge is 2.50. The van der Waals surface area contributed by atoms with Crippen LogP contribution in [-0.4, -0.2) is 47.3 Å². The Balaban J connectivity index is 0.896. The van der Waals surface area contributed by atoms with E-state index >= 15 is 0 Å². The highest BCUT2D eigenvalue weighted by molar-refractivity contribution is 6.06. The first-order valence-electron chi connectivity index (χ1n) is 14.8. The molecule has 3 amide bonds. The fourth-order valence-electron chi connectivity index (χ4n) is 8.44. The van der Waals surface area contributed by atoms with Crippen LogP contribution in [0.4, 0.5) is 5.69 Å². The number of amides is 3. The SMILES string of the molecule is O=C1CCC(N2Cc3c(NCCCCCCCNC45CC6CC(CC(C6)C4)C5)cccc3C2=O)C(=O)N1. The molecule has 7 rings (SSSR count). The summed E-state index contributed by atoms with van der Waals surface area (Å²) in [4.78, 5) is 38.4. The summed E-state index contributed by atoms with van der Waals surface area (Å²) in [6.07, 6.45) is 15.6. The number of carbonyl (C=O) groups excluding carboxylic acids is 3. The molecule has 3 N–H and O–H groups in total. The molecule has 37 heavy (non-hydrogen) atoms. The van der Waals surface area contributed by atoms with E-state index in [1.54, 1.807) is 4.90 Å². The Labute approximate surface area is 220 Å².